The number of hydrogen-bond acceptors (Lipinski definition) is 3. The first-order valence-electron chi connectivity index (χ1n) is 4.92. The molecule has 0 spiro atoms. The molecule has 1 aromatic heterocycles. The summed E-state index contributed by atoms with van der Waals surface area (Å²) in [6, 6.07) is 1.70. The van der Waals surface area contributed by atoms with E-state index in [2.05, 4.69) is 26.2 Å². The van der Waals surface area contributed by atoms with E-state index in [9.17, 15) is 9.90 Å². The van der Waals surface area contributed by atoms with Gasteiger partial charge in [0.05, 0.1) is 12.7 Å². The van der Waals surface area contributed by atoms with Crippen LogP contribution in [0.1, 0.15) is 16.9 Å². The minimum Gasteiger partial charge on any atom is -0.391 e. The van der Waals surface area contributed by atoms with Crippen LogP contribution in [0.2, 0.25) is 0 Å². The van der Waals surface area contributed by atoms with E-state index in [0.717, 1.165) is 4.47 Å². The van der Waals surface area contributed by atoms with Gasteiger partial charge in [-0.05, 0) is 28.4 Å². The van der Waals surface area contributed by atoms with E-state index in [1.165, 1.54) is 7.11 Å². The molecule has 0 aromatic carbocycles. The quantitative estimate of drug-likeness (QED) is 0.729. The molecule has 90 valence electrons. The zero-order chi connectivity index (χ0) is 12.0. The van der Waals surface area contributed by atoms with Crippen molar-refractivity contribution < 1.29 is 14.6 Å². The van der Waals surface area contributed by atoms with Gasteiger partial charge in [-0.2, -0.15) is 0 Å². The van der Waals surface area contributed by atoms with Crippen LogP contribution in [0.5, 0.6) is 0 Å². The predicted octanol–water partition coefficient (Wildman–Crippen LogP) is 0.904. The van der Waals surface area contributed by atoms with Crippen LogP contribution < -0.4 is 5.32 Å². The van der Waals surface area contributed by atoms with Gasteiger partial charge in [0.25, 0.3) is 5.91 Å². The molecule has 3 N–H and O–H groups in total. The normalized spacial score (nSPS) is 12.4. The van der Waals surface area contributed by atoms with Gasteiger partial charge in [-0.1, -0.05) is 0 Å². The van der Waals surface area contributed by atoms with Crippen molar-refractivity contribution in [1.82, 2.24) is 10.3 Å². The molecule has 1 amide bonds. The first kappa shape index (κ1) is 13.2. The molecule has 1 unspecified atom stereocenters. The Morgan fingerprint density at radius 3 is 3.06 bits per heavy atom. The average molecular weight is 291 g/mol. The van der Waals surface area contributed by atoms with Crippen molar-refractivity contribution in [2.75, 3.05) is 20.3 Å². The highest BCUT2D eigenvalue weighted by Crippen LogP contribution is 2.10. The number of aliphatic hydroxyl groups excluding tert-OH is 1. The van der Waals surface area contributed by atoms with Crippen molar-refractivity contribution in [3.8, 4) is 0 Å². The second-order valence-electron chi connectivity index (χ2n) is 3.39. The summed E-state index contributed by atoms with van der Waals surface area (Å²) in [7, 11) is 1.53. The van der Waals surface area contributed by atoms with Crippen LogP contribution in [-0.2, 0) is 4.74 Å². The van der Waals surface area contributed by atoms with Crippen LogP contribution in [0.3, 0.4) is 0 Å². The summed E-state index contributed by atoms with van der Waals surface area (Å²) in [6.45, 7) is 0.698. The Hall–Kier alpha value is -0.850. The number of rotatable bonds is 6. The van der Waals surface area contributed by atoms with Gasteiger partial charge < -0.3 is 20.1 Å². The molecule has 0 radical (unpaired) electrons. The zero-order valence-corrected chi connectivity index (χ0v) is 10.6. The first-order chi connectivity index (χ1) is 7.63. The largest absolute Gasteiger partial charge is 0.391 e. The SMILES string of the molecule is COCC(O)CCNC(=O)c1cc(Br)c[nH]1. The van der Waals surface area contributed by atoms with E-state index in [-0.39, 0.29) is 12.5 Å². The highest BCUT2D eigenvalue weighted by Gasteiger charge is 2.08. The molecule has 16 heavy (non-hydrogen) atoms. The van der Waals surface area contributed by atoms with E-state index in [1.54, 1.807) is 12.3 Å². The van der Waals surface area contributed by atoms with E-state index < -0.39 is 6.10 Å². The molecule has 0 bridgehead atoms. The number of H-pyrrole nitrogens is 1. The maximum atomic E-state index is 11.5. The Bertz CT molecular complexity index is 341. The third kappa shape index (κ3) is 4.34. The number of methoxy groups -OCH3 is 1. The van der Waals surface area contributed by atoms with Gasteiger partial charge in [0.1, 0.15) is 5.69 Å². The van der Waals surface area contributed by atoms with Gasteiger partial charge in [-0.25, -0.2) is 0 Å². The van der Waals surface area contributed by atoms with Crippen LogP contribution in [0.15, 0.2) is 16.7 Å². The Morgan fingerprint density at radius 2 is 2.50 bits per heavy atom. The third-order valence-corrected chi connectivity index (χ3v) is 2.47. The molecule has 1 heterocycles. The first-order valence-corrected chi connectivity index (χ1v) is 5.72. The Labute approximate surface area is 102 Å². The molecule has 0 aliphatic heterocycles. The van der Waals surface area contributed by atoms with Crippen LogP contribution >= 0.6 is 15.9 Å². The molecule has 5 nitrogen and oxygen atoms in total. The van der Waals surface area contributed by atoms with Gasteiger partial charge in [-0.3, -0.25) is 4.79 Å². The van der Waals surface area contributed by atoms with Gasteiger partial charge in [0.15, 0.2) is 0 Å². The highest BCUT2D eigenvalue weighted by molar-refractivity contribution is 9.10. The van der Waals surface area contributed by atoms with E-state index in [4.69, 9.17) is 4.74 Å². The van der Waals surface area contributed by atoms with Gasteiger partial charge >= 0.3 is 0 Å². The molecular formula is C10H15BrN2O3. The van der Waals surface area contributed by atoms with Crippen molar-refractivity contribution in [3.63, 3.8) is 0 Å². The molecule has 1 atom stereocenters. The lowest BCUT2D eigenvalue weighted by atomic mass is 10.2. The van der Waals surface area contributed by atoms with E-state index >= 15 is 0 Å². The number of aromatic amines is 1. The molecule has 0 fully saturated rings. The number of aliphatic hydroxyl groups is 1. The number of carbonyl (C=O) groups excluding carboxylic acids is 1. The third-order valence-electron chi connectivity index (χ3n) is 2.01. The number of amides is 1. The van der Waals surface area contributed by atoms with E-state index in [1.807, 2.05) is 0 Å². The van der Waals surface area contributed by atoms with Crippen LogP contribution in [0.4, 0.5) is 0 Å². The molecular weight excluding hydrogens is 276 g/mol. The average Bonchev–Trinajstić information content (AvgIpc) is 2.65. The van der Waals surface area contributed by atoms with Crippen LogP contribution in [-0.4, -0.2) is 42.4 Å². The fourth-order valence-electron chi connectivity index (χ4n) is 1.22. The molecule has 1 aromatic rings. The summed E-state index contributed by atoms with van der Waals surface area (Å²) in [5.41, 5.74) is 0.494. The van der Waals surface area contributed by atoms with Crippen LogP contribution in [0, 0.1) is 0 Å². The molecule has 6 heteroatoms. The summed E-state index contributed by atoms with van der Waals surface area (Å²) >= 11 is 3.24. The minimum atomic E-state index is -0.541. The summed E-state index contributed by atoms with van der Waals surface area (Å²) in [6.07, 6.45) is 1.62. The molecule has 0 aliphatic carbocycles. The fourth-order valence-corrected chi connectivity index (χ4v) is 1.57. The summed E-state index contributed by atoms with van der Waals surface area (Å²) in [4.78, 5) is 14.3. The molecule has 0 saturated carbocycles. The molecule has 0 aliphatic rings. The number of halogens is 1. The summed E-state index contributed by atoms with van der Waals surface area (Å²) < 4.78 is 5.60. The van der Waals surface area contributed by atoms with Crippen molar-refractivity contribution in [2.45, 2.75) is 12.5 Å². The lowest BCUT2D eigenvalue weighted by molar-refractivity contribution is 0.0587. The smallest absolute Gasteiger partial charge is 0.267 e. The Balaban J connectivity index is 2.25. The lowest BCUT2D eigenvalue weighted by Gasteiger charge is -2.09. The molecule has 1 rings (SSSR count). The number of ether oxygens (including phenoxy) is 1. The number of carbonyl (C=O) groups is 1. The van der Waals surface area contributed by atoms with Crippen molar-refractivity contribution in [1.29, 1.82) is 0 Å². The number of nitrogens with one attached hydrogen (secondary N) is 2. The monoisotopic (exact) mass is 290 g/mol. The number of hydrogen-bond donors (Lipinski definition) is 3. The topological polar surface area (TPSA) is 74.3 Å². The Kier molecular flexibility index (Phi) is 5.51. The van der Waals surface area contributed by atoms with Crippen molar-refractivity contribution in [2.24, 2.45) is 0 Å². The van der Waals surface area contributed by atoms with Gasteiger partial charge in [0, 0.05) is 24.3 Å². The molecule has 0 saturated heterocycles. The second kappa shape index (κ2) is 6.67. The Morgan fingerprint density at radius 1 is 1.75 bits per heavy atom. The van der Waals surface area contributed by atoms with Crippen molar-refractivity contribution in [3.05, 3.63) is 22.4 Å². The predicted molar refractivity (Wildman–Crippen MR) is 63.3 cm³/mol. The van der Waals surface area contributed by atoms with Crippen molar-refractivity contribution >= 4 is 21.8 Å². The highest BCUT2D eigenvalue weighted by atomic mass is 79.9. The maximum Gasteiger partial charge on any atom is 0.267 e. The lowest BCUT2D eigenvalue weighted by Crippen LogP contribution is -2.28. The van der Waals surface area contributed by atoms with E-state index in [0.29, 0.717) is 18.7 Å². The minimum absolute atomic E-state index is 0.185. The summed E-state index contributed by atoms with van der Waals surface area (Å²) in [5.74, 6) is -0.185. The standard InChI is InChI=1S/C10H15BrN2O3/c1-16-6-8(14)2-3-12-10(15)9-4-7(11)5-13-9/h4-5,8,13-14H,2-3,6H2,1H3,(H,12,15). The van der Waals surface area contributed by atoms with Crippen LogP contribution in [0.25, 0.3) is 0 Å². The summed E-state index contributed by atoms with van der Waals surface area (Å²) in [5, 5.41) is 12.0. The van der Waals surface area contributed by atoms with Gasteiger partial charge in [0.2, 0.25) is 0 Å². The zero-order valence-electron chi connectivity index (χ0n) is 9.00. The number of aromatic nitrogens is 1. The maximum absolute atomic E-state index is 11.5. The second-order valence-corrected chi connectivity index (χ2v) is 4.30. The fraction of sp³-hybridized carbons (Fsp3) is 0.500. The van der Waals surface area contributed by atoms with Gasteiger partial charge in [-0.15, -0.1) is 0 Å².